The van der Waals surface area contributed by atoms with Crippen molar-refractivity contribution >= 4 is 0 Å². The van der Waals surface area contributed by atoms with Gasteiger partial charge in [-0.1, -0.05) is 6.07 Å². The average molecular weight is 303 g/mol. The standard InChI is InChI=1S/C14H19F2NO4/c15-14(16)21-10-1-2-11-9(5-10)7-20-13(12(11)6-18)8-19-4-3-17/h1-2,5,12-14,18H,3-4,6-8,17H2/t12-,13-/m0/s1. The third kappa shape index (κ3) is 4.10. The van der Waals surface area contributed by atoms with Crippen molar-refractivity contribution in [3.63, 3.8) is 0 Å². The molecule has 0 unspecified atom stereocenters. The van der Waals surface area contributed by atoms with Crippen molar-refractivity contribution in [1.29, 1.82) is 0 Å². The zero-order valence-electron chi connectivity index (χ0n) is 11.5. The number of hydrogen-bond donors (Lipinski definition) is 2. The SMILES string of the molecule is NCCOC[C@@H]1OCc2cc(OC(F)F)ccc2[C@@H]1CO. The maximum Gasteiger partial charge on any atom is 0.387 e. The molecule has 0 fully saturated rings. The van der Waals surface area contributed by atoms with Crippen molar-refractivity contribution in [2.45, 2.75) is 25.2 Å². The summed E-state index contributed by atoms with van der Waals surface area (Å²) >= 11 is 0. The Kier molecular flexibility index (Phi) is 5.86. The molecule has 0 spiro atoms. The Morgan fingerprint density at radius 3 is 2.90 bits per heavy atom. The van der Waals surface area contributed by atoms with E-state index in [-0.39, 0.29) is 31.0 Å². The lowest BCUT2D eigenvalue weighted by atomic mass is 9.88. The topological polar surface area (TPSA) is 73.9 Å². The van der Waals surface area contributed by atoms with E-state index in [1.54, 1.807) is 6.07 Å². The van der Waals surface area contributed by atoms with Crippen LogP contribution in [0.25, 0.3) is 0 Å². The summed E-state index contributed by atoms with van der Waals surface area (Å²) in [5.74, 6) is -0.172. The maximum atomic E-state index is 12.2. The highest BCUT2D eigenvalue weighted by atomic mass is 19.3. The van der Waals surface area contributed by atoms with Gasteiger partial charge in [-0.3, -0.25) is 0 Å². The Morgan fingerprint density at radius 1 is 1.43 bits per heavy atom. The molecule has 7 heteroatoms. The third-order valence-electron chi connectivity index (χ3n) is 3.38. The predicted octanol–water partition coefficient (Wildman–Crippen LogP) is 1.24. The Morgan fingerprint density at radius 2 is 2.24 bits per heavy atom. The summed E-state index contributed by atoms with van der Waals surface area (Å²) < 4.78 is 39.8. The van der Waals surface area contributed by atoms with Gasteiger partial charge in [-0.05, 0) is 23.3 Å². The van der Waals surface area contributed by atoms with Crippen molar-refractivity contribution in [2.24, 2.45) is 5.73 Å². The molecule has 0 bridgehead atoms. The van der Waals surface area contributed by atoms with Crippen LogP contribution < -0.4 is 10.5 Å². The van der Waals surface area contributed by atoms with E-state index in [1.807, 2.05) is 0 Å². The summed E-state index contributed by atoms with van der Waals surface area (Å²) in [4.78, 5) is 0. The molecule has 118 valence electrons. The second kappa shape index (κ2) is 7.65. The summed E-state index contributed by atoms with van der Waals surface area (Å²) in [5, 5.41) is 9.57. The molecule has 21 heavy (non-hydrogen) atoms. The Bertz CT molecular complexity index is 459. The summed E-state index contributed by atoms with van der Waals surface area (Å²) in [6.45, 7) is -1.54. The van der Waals surface area contributed by atoms with Crippen LogP contribution >= 0.6 is 0 Å². The molecular formula is C14H19F2NO4. The van der Waals surface area contributed by atoms with Gasteiger partial charge in [0.15, 0.2) is 0 Å². The number of aliphatic hydroxyl groups excluding tert-OH is 1. The van der Waals surface area contributed by atoms with E-state index in [0.29, 0.717) is 19.8 Å². The van der Waals surface area contributed by atoms with Crippen LogP contribution in [0.15, 0.2) is 18.2 Å². The average Bonchev–Trinajstić information content (AvgIpc) is 2.46. The molecule has 1 aliphatic rings. The fourth-order valence-electron chi connectivity index (χ4n) is 2.42. The first-order valence-corrected chi connectivity index (χ1v) is 6.73. The van der Waals surface area contributed by atoms with E-state index in [0.717, 1.165) is 11.1 Å². The van der Waals surface area contributed by atoms with Gasteiger partial charge in [0.2, 0.25) is 0 Å². The van der Waals surface area contributed by atoms with E-state index in [1.165, 1.54) is 12.1 Å². The molecule has 0 saturated carbocycles. The maximum absolute atomic E-state index is 12.2. The molecule has 0 aliphatic carbocycles. The third-order valence-corrected chi connectivity index (χ3v) is 3.38. The minimum absolute atomic E-state index is 0.0851. The molecular weight excluding hydrogens is 284 g/mol. The van der Waals surface area contributed by atoms with E-state index < -0.39 is 6.61 Å². The first kappa shape index (κ1) is 16.1. The smallest absolute Gasteiger partial charge is 0.387 e. The van der Waals surface area contributed by atoms with E-state index >= 15 is 0 Å². The molecule has 0 saturated heterocycles. The lowest BCUT2D eigenvalue weighted by Gasteiger charge is -2.32. The first-order chi connectivity index (χ1) is 10.2. The normalized spacial score (nSPS) is 21.4. The summed E-state index contributed by atoms with van der Waals surface area (Å²) in [5.41, 5.74) is 6.96. The Hall–Kier alpha value is -1.28. The van der Waals surface area contributed by atoms with Gasteiger partial charge in [-0.2, -0.15) is 8.78 Å². The van der Waals surface area contributed by atoms with Crippen LogP contribution in [0, 0.1) is 0 Å². The molecule has 5 nitrogen and oxygen atoms in total. The van der Waals surface area contributed by atoms with Gasteiger partial charge in [0, 0.05) is 12.5 Å². The molecule has 1 aliphatic heterocycles. The highest BCUT2D eigenvalue weighted by Crippen LogP contribution is 2.33. The highest BCUT2D eigenvalue weighted by molar-refractivity contribution is 5.39. The zero-order valence-corrected chi connectivity index (χ0v) is 11.5. The molecule has 0 amide bonds. The van der Waals surface area contributed by atoms with Crippen LogP contribution in [0.3, 0.4) is 0 Å². The predicted molar refractivity (Wildman–Crippen MR) is 71.4 cm³/mol. The van der Waals surface area contributed by atoms with Gasteiger partial charge in [0.25, 0.3) is 0 Å². The zero-order chi connectivity index (χ0) is 15.2. The van der Waals surface area contributed by atoms with Gasteiger partial charge >= 0.3 is 6.61 Å². The summed E-state index contributed by atoms with van der Waals surface area (Å²) in [6, 6.07) is 4.67. The van der Waals surface area contributed by atoms with Crippen molar-refractivity contribution in [3.05, 3.63) is 29.3 Å². The molecule has 1 aromatic carbocycles. The molecule has 0 radical (unpaired) electrons. The fourth-order valence-corrected chi connectivity index (χ4v) is 2.42. The van der Waals surface area contributed by atoms with Crippen LogP contribution in [0.2, 0.25) is 0 Å². The number of rotatable bonds is 7. The lowest BCUT2D eigenvalue weighted by molar-refractivity contribution is -0.0576. The van der Waals surface area contributed by atoms with Gasteiger partial charge < -0.3 is 25.1 Å². The quantitative estimate of drug-likeness (QED) is 0.741. The molecule has 1 heterocycles. The number of aliphatic hydroxyl groups is 1. The number of fused-ring (bicyclic) bond motifs is 1. The second-order valence-electron chi connectivity index (χ2n) is 4.74. The minimum Gasteiger partial charge on any atom is -0.435 e. The van der Waals surface area contributed by atoms with Gasteiger partial charge in [-0.25, -0.2) is 0 Å². The Balaban J connectivity index is 2.11. The number of alkyl halides is 2. The monoisotopic (exact) mass is 303 g/mol. The van der Waals surface area contributed by atoms with Crippen molar-refractivity contribution in [2.75, 3.05) is 26.4 Å². The first-order valence-electron chi connectivity index (χ1n) is 6.73. The van der Waals surface area contributed by atoms with Crippen LogP contribution in [0.4, 0.5) is 8.78 Å². The fraction of sp³-hybridized carbons (Fsp3) is 0.571. The molecule has 3 N–H and O–H groups in total. The number of hydrogen-bond acceptors (Lipinski definition) is 5. The number of halogens is 2. The largest absolute Gasteiger partial charge is 0.435 e. The number of benzene rings is 1. The minimum atomic E-state index is -2.86. The molecule has 1 aromatic rings. The summed E-state index contributed by atoms with van der Waals surface area (Å²) in [7, 11) is 0. The van der Waals surface area contributed by atoms with Crippen LogP contribution in [-0.2, 0) is 16.1 Å². The molecule has 0 aromatic heterocycles. The van der Waals surface area contributed by atoms with Crippen molar-refractivity contribution < 1.29 is 28.1 Å². The molecule has 2 atom stereocenters. The Labute approximate surface area is 121 Å². The number of ether oxygens (including phenoxy) is 3. The summed E-state index contributed by atoms with van der Waals surface area (Å²) in [6.07, 6.45) is -0.282. The lowest BCUT2D eigenvalue weighted by Crippen LogP contribution is -2.34. The van der Waals surface area contributed by atoms with Gasteiger partial charge in [0.05, 0.1) is 32.5 Å². The van der Waals surface area contributed by atoms with Gasteiger partial charge in [-0.15, -0.1) is 0 Å². The van der Waals surface area contributed by atoms with Crippen LogP contribution in [0.1, 0.15) is 17.0 Å². The highest BCUT2D eigenvalue weighted by Gasteiger charge is 2.30. The van der Waals surface area contributed by atoms with Crippen molar-refractivity contribution in [1.82, 2.24) is 0 Å². The van der Waals surface area contributed by atoms with E-state index in [4.69, 9.17) is 15.2 Å². The second-order valence-corrected chi connectivity index (χ2v) is 4.74. The number of nitrogens with two attached hydrogens (primary N) is 1. The van der Waals surface area contributed by atoms with E-state index in [2.05, 4.69) is 4.74 Å². The van der Waals surface area contributed by atoms with Gasteiger partial charge in [0.1, 0.15) is 5.75 Å². The van der Waals surface area contributed by atoms with Crippen molar-refractivity contribution in [3.8, 4) is 5.75 Å². The van der Waals surface area contributed by atoms with Crippen LogP contribution in [-0.4, -0.2) is 44.2 Å². The van der Waals surface area contributed by atoms with Crippen LogP contribution in [0.5, 0.6) is 5.75 Å². The molecule has 2 rings (SSSR count). The van der Waals surface area contributed by atoms with E-state index in [9.17, 15) is 13.9 Å².